The molecule has 1 unspecified atom stereocenters. The molecule has 1 aromatic carbocycles. The lowest BCUT2D eigenvalue weighted by Crippen LogP contribution is -2.27. The molecular formula is C12H12BrNO5. The van der Waals surface area contributed by atoms with Crippen LogP contribution in [0.4, 0.5) is 5.69 Å². The molecule has 0 heterocycles. The zero-order valence-corrected chi connectivity index (χ0v) is 11.8. The van der Waals surface area contributed by atoms with Crippen molar-refractivity contribution in [3.05, 3.63) is 22.7 Å². The molecule has 0 aliphatic carbocycles. The Morgan fingerprint density at radius 2 is 2.00 bits per heavy atom. The number of aliphatic carboxylic acids is 2. The quantitative estimate of drug-likeness (QED) is 0.808. The van der Waals surface area contributed by atoms with Crippen molar-refractivity contribution in [3.8, 4) is 5.75 Å². The Balaban J connectivity index is 3.30. The van der Waals surface area contributed by atoms with Crippen LogP contribution in [0.2, 0.25) is 0 Å². The van der Waals surface area contributed by atoms with Crippen molar-refractivity contribution in [2.75, 3.05) is 7.11 Å². The van der Waals surface area contributed by atoms with E-state index in [2.05, 4.69) is 20.9 Å². The number of nitrogens with zero attached hydrogens (tertiary/aromatic N) is 1. The van der Waals surface area contributed by atoms with Gasteiger partial charge in [-0.15, -0.1) is 0 Å². The standard InChI is InChI=1S/C12H12BrNO5/c1-6(11(15)16)10(12(17)18)14-8-4-3-7(13)5-9(8)19-2/h3-6H,1-2H3,(H,15,16)(H,17,18). The van der Waals surface area contributed by atoms with Gasteiger partial charge in [-0.05, 0) is 25.1 Å². The number of rotatable bonds is 5. The largest absolute Gasteiger partial charge is 0.494 e. The van der Waals surface area contributed by atoms with Gasteiger partial charge in [0.2, 0.25) is 0 Å². The number of carboxylic acids is 2. The average molecular weight is 330 g/mol. The van der Waals surface area contributed by atoms with Gasteiger partial charge in [-0.3, -0.25) is 4.79 Å². The Morgan fingerprint density at radius 1 is 1.37 bits per heavy atom. The third-order valence-corrected chi connectivity index (χ3v) is 2.88. The minimum Gasteiger partial charge on any atom is -0.494 e. The Kier molecular flexibility index (Phi) is 5.05. The van der Waals surface area contributed by atoms with Gasteiger partial charge in [0.25, 0.3) is 0 Å². The molecular weight excluding hydrogens is 318 g/mol. The van der Waals surface area contributed by atoms with Crippen LogP contribution in [0.15, 0.2) is 27.7 Å². The predicted octanol–water partition coefficient (Wildman–Crippen LogP) is 2.34. The highest BCUT2D eigenvalue weighted by Crippen LogP contribution is 2.31. The summed E-state index contributed by atoms with van der Waals surface area (Å²) in [6.07, 6.45) is 0. The summed E-state index contributed by atoms with van der Waals surface area (Å²) in [5.74, 6) is -3.49. The zero-order chi connectivity index (χ0) is 14.6. The normalized spacial score (nSPS) is 12.9. The highest BCUT2D eigenvalue weighted by molar-refractivity contribution is 9.10. The second-order valence-electron chi connectivity index (χ2n) is 3.68. The smallest absolute Gasteiger partial charge is 0.351 e. The third-order valence-electron chi connectivity index (χ3n) is 2.38. The first-order valence-corrected chi connectivity index (χ1v) is 6.04. The topological polar surface area (TPSA) is 96.2 Å². The van der Waals surface area contributed by atoms with Gasteiger partial charge in [0.15, 0.2) is 0 Å². The second-order valence-corrected chi connectivity index (χ2v) is 4.59. The SMILES string of the molecule is COc1cc(Br)ccc1N=C(C(=O)O)C(C)C(=O)O. The summed E-state index contributed by atoms with van der Waals surface area (Å²) in [5.41, 5.74) is -0.190. The molecule has 0 aromatic heterocycles. The van der Waals surface area contributed by atoms with E-state index in [-0.39, 0.29) is 5.69 Å². The predicted molar refractivity (Wildman–Crippen MR) is 72.2 cm³/mol. The fourth-order valence-electron chi connectivity index (χ4n) is 1.32. The number of hydrogen-bond donors (Lipinski definition) is 2. The number of ether oxygens (including phenoxy) is 1. The molecule has 19 heavy (non-hydrogen) atoms. The van der Waals surface area contributed by atoms with Crippen molar-refractivity contribution >= 4 is 39.3 Å². The first kappa shape index (κ1) is 15.2. The Hall–Kier alpha value is -1.89. The monoisotopic (exact) mass is 329 g/mol. The molecule has 1 rings (SSSR count). The van der Waals surface area contributed by atoms with Crippen LogP contribution in [0.5, 0.6) is 5.75 Å². The molecule has 102 valence electrons. The molecule has 2 N–H and O–H groups in total. The molecule has 0 aliphatic heterocycles. The number of hydrogen-bond acceptors (Lipinski definition) is 4. The van der Waals surface area contributed by atoms with Crippen molar-refractivity contribution in [2.24, 2.45) is 10.9 Å². The number of carboxylic acid groups (broad SMARTS) is 2. The van der Waals surface area contributed by atoms with Crippen molar-refractivity contribution < 1.29 is 24.5 Å². The zero-order valence-electron chi connectivity index (χ0n) is 10.3. The maximum atomic E-state index is 11.1. The van der Waals surface area contributed by atoms with Gasteiger partial charge in [0.1, 0.15) is 23.1 Å². The average Bonchev–Trinajstić information content (AvgIpc) is 2.35. The van der Waals surface area contributed by atoms with Gasteiger partial charge in [-0.25, -0.2) is 9.79 Å². The summed E-state index contributed by atoms with van der Waals surface area (Å²) in [4.78, 5) is 25.8. The summed E-state index contributed by atoms with van der Waals surface area (Å²) in [5, 5.41) is 17.9. The van der Waals surface area contributed by atoms with E-state index in [1.54, 1.807) is 18.2 Å². The maximum Gasteiger partial charge on any atom is 0.351 e. The minimum atomic E-state index is -1.38. The lowest BCUT2D eigenvalue weighted by atomic mass is 10.1. The summed E-state index contributed by atoms with van der Waals surface area (Å²) < 4.78 is 5.81. The summed E-state index contributed by atoms with van der Waals surface area (Å²) in [7, 11) is 1.42. The van der Waals surface area contributed by atoms with Crippen molar-refractivity contribution in [1.82, 2.24) is 0 Å². The van der Waals surface area contributed by atoms with Gasteiger partial charge in [0, 0.05) is 4.47 Å². The molecule has 0 amide bonds. The molecule has 1 atom stereocenters. The fourth-order valence-corrected chi connectivity index (χ4v) is 1.66. The van der Waals surface area contributed by atoms with E-state index in [1.165, 1.54) is 14.0 Å². The fraction of sp³-hybridized carbons (Fsp3) is 0.250. The number of halogens is 1. The van der Waals surface area contributed by atoms with Crippen LogP contribution < -0.4 is 4.74 Å². The molecule has 0 saturated carbocycles. The highest BCUT2D eigenvalue weighted by atomic mass is 79.9. The van der Waals surface area contributed by atoms with Gasteiger partial charge in [0.05, 0.1) is 7.11 Å². The highest BCUT2D eigenvalue weighted by Gasteiger charge is 2.25. The Labute approximate surface area is 117 Å². The summed E-state index contributed by atoms with van der Waals surface area (Å²) in [6.45, 7) is 1.26. The van der Waals surface area contributed by atoms with E-state index >= 15 is 0 Å². The molecule has 0 saturated heterocycles. The minimum absolute atomic E-state index is 0.260. The molecule has 0 bridgehead atoms. The van der Waals surface area contributed by atoms with Crippen molar-refractivity contribution in [3.63, 3.8) is 0 Å². The van der Waals surface area contributed by atoms with Crippen LogP contribution in [0.25, 0.3) is 0 Å². The van der Waals surface area contributed by atoms with Crippen molar-refractivity contribution in [1.29, 1.82) is 0 Å². The van der Waals surface area contributed by atoms with Crippen LogP contribution in [-0.4, -0.2) is 35.0 Å². The maximum absolute atomic E-state index is 11.1. The second kappa shape index (κ2) is 6.33. The first-order chi connectivity index (χ1) is 8.86. The van der Waals surface area contributed by atoms with Gasteiger partial charge in [-0.2, -0.15) is 0 Å². The molecule has 0 spiro atoms. The van der Waals surface area contributed by atoms with Crippen LogP contribution in [0.3, 0.4) is 0 Å². The lowest BCUT2D eigenvalue weighted by Gasteiger charge is -2.09. The third kappa shape index (κ3) is 3.78. The number of benzene rings is 1. The number of carbonyl (C=O) groups is 2. The van der Waals surface area contributed by atoms with Crippen LogP contribution in [-0.2, 0) is 9.59 Å². The number of aliphatic imine (C=N–C) groups is 1. The molecule has 0 aliphatic rings. The Bertz CT molecular complexity index is 541. The molecule has 0 radical (unpaired) electrons. The van der Waals surface area contributed by atoms with E-state index < -0.39 is 23.6 Å². The van der Waals surface area contributed by atoms with E-state index in [0.29, 0.717) is 5.75 Å². The van der Waals surface area contributed by atoms with Gasteiger partial charge < -0.3 is 14.9 Å². The lowest BCUT2D eigenvalue weighted by molar-refractivity contribution is -0.140. The van der Waals surface area contributed by atoms with Crippen molar-refractivity contribution in [2.45, 2.75) is 6.92 Å². The summed E-state index contributed by atoms with van der Waals surface area (Å²) >= 11 is 3.25. The molecule has 0 fully saturated rings. The molecule has 1 aromatic rings. The van der Waals surface area contributed by atoms with Crippen LogP contribution >= 0.6 is 15.9 Å². The van der Waals surface area contributed by atoms with Gasteiger partial charge >= 0.3 is 11.9 Å². The molecule has 7 heteroatoms. The summed E-state index contributed by atoms with van der Waals surface area (Å²) in [6, 6.07) is 4.82. The van der Waals surface area contributed by atoms with E-state index in [4.69, 9.17) is 14.9 Å². The van der Waals surface area contributed by atoms with Crippen LogP contribution in [0, 0.1) is 5.92 Å². The molecule has 6 nitrogen and oxygen atoms in total. The van der Waals surface area contributed by atoms with E-state index in [9.17, 15) is 9.59 Å². The van der Waals surface area contributed by atoms with Gasteiger partial charge in [-0.1, -0.05) is 15.9 Å². The van der Waals surface area contributed by atoms with E-state index in [0.717, 1.165) is 4.47 Å². The van der Waals surface area contributed by atoms with E-state index in [1.807, 2.05) is 0 Å². The van der Waals surface area contributed by atoms with Crippen LogP contribution in [0.1, 0.15) is 6.92 Å². The Morgan fingerprint density at radius 3 is 2.47 bits per heavy atom. The number of methoxy groups -OCH3 is 1. The first-order valence-electron chi connectivity index (χ1n) is 5.25.